The molecule has 0 bridgehead atoms. The number of aliphatic carboxylic acids is 1. The van der Waals surface area contributed by atoms with Gasteiger partial charge in [-0.05, 0) is 45.4 Å². The van der Waals surface area contributed by atoms with Gasteiger partial charge >= 0.3 is 29.6 Å². The third kappa shape index (κ3) is 10.0. The van der Waals surface area contributed by atoms with Crippen LogP contribution in [0.5, 0.6) is 0 Å². The second-order valence-electron chi connectivity index (χ2n) is 9.85. The fourth-order valence-corrected chi connectivity index (χ4v) is 5.00. The summed E-state index contributed by atoms with van der Waals surface area (Å²) in [6, 6.07) is 0. The first-order valence-corrected chi connectivity index (χ1v) is 14.1. The van der Waals surface area contributed by atoms with Gasteiger partial charge in [0.25, 0.3) is 0 Å². The standard InChI is InChI=1S/C24H40N8O4.C2H4O2.Na/c33-15-11-31(12-16-34)23-26-20-19(21(27-23)29-7-3-1-4-8-29)25-24(32(13-17-35)14-18-36)28-22(20)30-9-5-2-6-10-30;1-2(3)4;/h33-36H,1-18H2;1H3,(H,3,4);/q;;+1/p-1. The van der Waals surface area contributed by atoms with E-state index in [4.69, 9.17) is 29.8 Å². The molecule has 4 rings (SSSR count). The molecule has 2 aromatic rings. The van der Waals surface area contributed by atoms with E-state index in [0.29, 0.717) is 49.1 Å². The van der Waals surface area contributed by atoms with Crippen molar-refractivity contribution in [2.75, 3.05) is 98.4 Å². The molecular weight excluding hydrogens is 543 g/mol. The van der Waals surface area contributed by atoms with Gasteiger partial charge < -0.3 is 49.9 Å². The Morgan fingerprint density at radius 1 is 0.659 bits per heavy atom. The molecule has 4 N–H and O–H groups in total. The first-order chi connectivity index (χ1) is 19.4. The number of carboxylic acids is 1. The first kappa shape index (κ1) is 35.1. The van der Waals surface area contributed by atoms with Crippen molar-refractivity contribution in [3.8, 4) is 0 Å². The molecular formula is C26H43N8NaO6. The van der Waals surface area contributed by atoms with Gasteiger partial charge in [-0.15, -0.1) is 0 Å². The predicted molar refractivity (Wildman–Crippen MR) is 151 cm³/mol. The average molecular weight is 587 g/mol. The molecule has 0 spiro atoms. The van der Waals surface area contributed by atoms with E-state index < -0.39 is 5.97 Å². The van der Waals surface area contributed by atoms with Gasteiger partial charge in [-0.2, -0.15) is 9.97 Å². The summed E-state index contributed by atoms with van der Waals surface area (Å²) >= 11 is 0. The molecule has 2 aromatic heterocycles. The van der Waals surface area contributed by atoms with E-state index in [1.54, 1.807) is 9.80 Å². The van der Waals surface area contributed by atoms with Crippen LogP contribution in [0.3, 0.4) is 0 Å². The Morgan fingerprint density at radius 2 is 0.951 bits per heavy atom. The summed E-state index contributed by atoms with van der Waals surface area (Å²) in [6.07, 6.45) is 6.61. The van der Waals surface area contributed by atoms with E-state index in [2.05, 4.69) is 9.80 Å². The Balaban J connectivity index is 0.00000110. The van der Waals surface area contributed by atoms with Crippen molar-refractivity contribution in [2.45, 2.75) is 45.4 Å². The Hall–Kier alpha value is -2.07. The molecule has 0 radical (unpaired) electrons. The van der Waals surface area contributed by atoms with Crippen molar-refractivity contribution < 1.29 is 59.9 Å². The number of piperidine rings is 2. The molecule has 0 aliphatic carbocycles. The smallest absolute Gasteiger partial charge is 0.550 e. The van der Waals surface area contributed by atoms with Gasteiger partial charge in [-0.1, -0.05) is 0 Å². The number of carbonyl (C=O) groups excluding carboxylic acids is 1. The number of carbonyl (C=O) groups is 1. The number of nitrogens with zero attached hydrogens (tertiary/aromatic N) is 8. The minimum Gasteiger partial charge on any atom is -0.550 e. The summed E-state index contributed by atoms with van der Waals surface area (Å²) in [7, 11) is 0. The molecule has 224 valence electrons. The second-order valence-corrected chi connectivity index (χ2v) is 9.85. The predicted octanol–water partition coefficient (Wildman–Crippen LogP) is -4.26. The molecule has 2 fully saturated rings. The van der Waals surface area contributed by atoms with E-state index in [1.165, 1.54) is 12.8 Å². The summed E-state index contributed by atoms with van der Waals surface area (Å²) in [6.45, 7) is 5.35. The number of fused-ring (bicyclic) bond motifs is 1. The van der Waals surface area contributed by atoms with E-state index in [9.17, 15) is 20.4 Å². The van der Waals surface area contributed by atoms with Crippen LogP contribution in [0.15, 0.2) is 0 Å². The molecule has 2 aliphatic heterocycles. The quantitative estimate of drug-likeness (QED) is 0.175. The van der Waals surface area contributed by atoms with Crippen molar-refractivity contribution in [1.29, 1.82) is 0 Å². The van der Waals surface area contributed by atoms with Gasteiger partial charge in [-0.25, -0.2) is 9.97 Å². The normalized spacial score (nSPS) is 15.1. The van der Waals surface area contributed by atoms with E-state index >= 15 is 0 Å². The van der Waals surface area contributed by atoms with Gasteiger partial charge in [0.05, 0.1) is 26.4 Å². The Kier molecular flexibility index (Phi) is 15.8. The second kappa shape index (κ2) is 18.5. The zero-order valence-corrected chi connectivity index (χ0v) is 26.4. The molecule has 0 atom stereocenters. The van der Waals surface area contributed by atoms with E-state index in [1.807, 2.05) is 0 Å². The molecule has 0 unspecified atom stereocenters. The Morgan fingerprint density at radius 3 is 1.22 bits per heavy atom. The van der Waals surface area contributed by atoms with E-state index in [-0.39, 0.29) is 56.0 Å². The van der Waals surface area contributed by atoms with Gasteiger partial charge in [0.2, 0.25) is 11.9 Å². The summed E-state index contributed by atoms with van der Waals surface area (Å²) < 4.78 is 0. The Labute approximate surface area is 263 Å². The number of aliphatic hydroxyl groups is 4. The minimum absolute atomic E-state index is 0. The number of hydrogen-bond donors (Lipinski definition) is 4. The van der Waals surface area contributed by atoms with Crippen molar-refractivity contribution >= 4 is 40.5 Å². The molecule has 41 heavy (non-hydrogen) atoms. The molecule has 0 aromatic carbocycles. The summed E-state index contributed by atoms with van der Waals surface area (Å²) in [5, 5.41) is 47.5. The summed E-state index contributed by atoms with van der Waals surface area (Å²) in [5.74, 6) is 1.27. The van der Waals surface area contributed by atoms with Gasteiger partial charge in [0.15, 0.2) is 11.6 Å². The van der Waals surface area contributed by atoms with Crippen LogP contribution in [0.4, 0.5) is 23.5 Å². The maximum absolute atomic E-state index is 9.64. The van der Waals surface area contributed by atoms with Crippen LogP contribution in [0.1, 0.15) is 45.4 Å². The maximum Gasteiger partial charge on any atom is 1.00 e. The summed E-state index contributed by atoms with van der Waals surface area (Å²) in [4.78, 5) is 36.7. The van der Waals surface area contributed by atoms with Gasteiger partial charge in [0.1, 0.15) is 11.0 Å². The minimum atomic E-state index is -1.08. The number of carboxylic acid groups (broad SMARTS) is 1. The molecule has 0 saturated carbocycles. The number of rotatable bonds is 12. The molecule has 0 amide bonds. The largest absolute Gasteiger partial charge is 1.00 e. The number of aliphatic hydroxyl groups excluding tert-OH is 4. The van der Waals surface area contributed by atoms with Crippen molar-refractivity contribution in [1.82, 2.24) is 19.9 Å². The zero-order valence-electron chi connectivity index (χ0n) is 24.4. The van der Waals surface area contributed by atoms with Crippen molar-refractivity contribution in [3.05, 3.63) is 0 Å². The van der Waals surface area contributed by atoms with Crippen LogP contribution < -0.4 is 54.3 Å². The molecule has 2 saturated heterocycles. The van der Waals surface area contributed by atoms with Crippen LogP contribution in [-0.4, -0.2) is 125 Å². The van der Waals surface area contributed by atoms with E-state index in [0.717, 1.165) is 70.4 Å². The van der Waals surface area contributed by atoms with Gasteiger partial charge in [0, 0.05) is 58.3 Å². The molecule has 4 heterocycles. The molecule has 14 nitrogen and oxygen atoms in total. The number of hydrogen-bond acceptors (Lipinski definition) is 14. The third-order valence-electron chi connectivity index (χ3n) is 6.84. The van der Waals surface area contributed by atoms with Crippen LogP contribution >= 0.6 is 0 Å². The van der Waals surface area contributed by atoms with Crippen molar-refractivity contribution in [3.63, 3.8) is 0 Å². The fraction of sp³-hybridized carbons (Fsp3) is 0.731. The maximum atomic E-state index is 9.64. The fourth-order valence-electron chi connectivity index (χ4n) is 5.00. The zero-order chi connectivity index (χ0) is 28.9. The number of anilines is 4. The topological polar surface area (TPSA) is 186 Å². The average Bonchev–Trinajstić information content (AvgIpc) is 2.96. The van der Waals surface area contributed by atoms with Crippen LogP contribution in [0, 0.1) is 0 Å². The van der Waals surface area contributed by atoms with Gasteiger partial charge in [-0.3, -0.25) is 0 Å². The van der Waals surface area contributed by atoms with Crippen molar-refractivity contribution in [2.24, 2.45) is 0 Å². The first-order valence-electron chi connectivity index (χ1n) is 14.1. The number of aromatic nitrogens is 4. The SMILES string of the molecule is CC(=O)[O-].OCCN(CCO)c1nc(N2CCCCC2)c2nc(N(CCO)CCO)nc(N3CCCCC3)c2n1.[Na+]. The van der Waals surface area contributed by atoms with Crippen LogP contribution in [0.25, 0.3) is 11.0 Å². The molecule has 15 heteroatoms. The third-order valence-corrected chi connectivity index (χ3v) is 6.84. The Bertz CT molecular complexity index is 979. The van der Waals surface area contributed by atoms with Crippen LogP contribution in [0.2, 0.25) is 0 Å². The monoisotopic (exact) mass is 586 g/mol. The summed E-state index contributed by atoms with van der Waals surface area (Å²) in [5.41, 5.74) is 1.31. The molecule has 2 aliphatic rings. The van der Waals surface area contributed by atoms with Crippen LogP contribution in [-0.2, 0) is 4.79 Å².